The molecule has 20 heavy (non-hydrogen) atoms. The first-order chi connectivity index (χ1) is 9.21. The molecule has 2 N–H and O–H groups in total. The molecule has 1 saturated heterocycles. The lowest BCUT2D eigenvalue weighted by Crippen LogP contribution is -2.48. The Labute approximate surface area is 119 Å². The molecule has 0 aromatic heterocycles. The van der Waals surface area contributed by atoms with Gasteiger partial charge in [0.2, 0.25) is 0 Å². The van der Waals surface area contributed by atoms with Crippen LogP contribution in [0.4, 0.5) is 0 Å². The predicted octanol–water partition coefficient (Wildman–Crippen LogP) is 0.111. The van der Waals surface area contributed by atoms with Crippen LogP contribution in [0.2, 0.25) is 0 Å². The Morgan fingerprint density at radius 3 is 2.35 bits per heavy atom. The molecule has 0 bridgehead atoms. The lowest BCUT2D eigenvalue weighted by molar-refractivity contribution is -0.145. The van der Waals surface area contributed by atoms with E-state index in [9.17, 15) is 18.3 Å². The SMILES string of the molecule is CN(CC1(O)CCC(C(=O)O)CC1)C1CCS(=O)(=O)C1. The molecule has 1 aliphatic heterocycles. The van der Waals surface area contributed by atoms with E-state index in [1.807, 2.05) is 11.9 Å². The summed E-state index contributed by atoms with van der Waals surface area (Å²) in [7, 11) is -1.08. The highest BCUT2D eigenvalue weighted by atomic mass is 32.2. The maximum absolute atomic E-state index is 11.5. The van der Waals surface area contributed by atoms with Gasteiger partial charge in [0.05, 0.1) is 23.0 Å². The highest BCUT2D eigenvalue weighted by Crippen LogP contribution is 2.33. The second-order valence-electron chi connectivity index (χ2n) is 6.31. The first-order valence-corrected chi connectivity index (χ1v) is 8.89. The average Bonchev–Trinajstić information content (AvgIpc) is 2.70. The van der Waals surface area contributed by atoms with Gasteiger partial charge in [0.1, 0.15) is 0 Å². The minimum Gasteiger partial charge on any atom is -0.481 e. The highest BCUT2D eigenvalue weighted by Gasteiger charge is 2.39. The van der Waals surface area contributed by atoms with E-state index in [1.54, 1.807) is 0 Å². The number of carboxylic acid groups (broad SMARTS) is 1. The van der Waals surface area contributed by atoms with Crippen LogP contribution in [0, 0.1) is 5.92 Å². The van der Waals surface area contributed by atoms with E-state index in [1.165, 1.54) is 0 Å². The van der Waals surface area contributed by atoms with Crippen LogP contribution in [0.3, 0.4) is 0 Å². The number of hydrogen-bond donors (Lipinski definition) is 2. The summed E-state index contributed by atoms with van der Waals surface area (Å²) in [5.74, 6) is -0.756. The van der Waals surface area contributed by atoms with Crippen molar-refractivity contribution in [2.75, 3.05) is 25.1 Å². The number of hydrogen-bond acceptors (Lipinski definition) is 5. The fraction of sp³-hybridized carbons (Fsp3) is 0.923. The van der Waals surface area contributed by atoms with Crippen LogP contribution in [-0.4, -0.2) is 66.2 Å². The first-order valence-electron chi connectivity index (χ1n) is 7.07. The third-order valence-corrected chi connectivity index (χ3v) is 6.39. The van der Waals surface area contributed by atoms with Gasteiger partial charge in [-0.3, -0.25) is 9.69 Å². The van der Waals surface area contributed by atoms with Crippen molar-refractivity contribution >= 4 is 15.8 Å². The average molecular weight is 305 g/mol. The van der Waals surface area contributed by atoms with Crippen molar-refractivity contribution in [2.24, 2.45) is 5.92 Å². The molecule has 7 heteroatoms. The molecule has 2 aliphatic rings. The van der Waals surface area contributed by atoms with Crippen LogP contribution in [0.5, 0.6) is 0 Å². The van der Waals surface area contributed by atoms with Gasteiger partial charge in [0, 0.05) is 12.6 Å². The number of aliphatic hydroxyl groups is 1. The van der Waals surface area contributed by atoms with Gasteiger partial charge >= 0.3 is 5.97 Å². The topological polar surface area (TPSA) is 94.9 Å². The summed E-state index contributed by atoms with van der Waals surface area (Å²) < 4.78 is 23.0. The number of likely N-dealkylation sites (N-methyl/N-ethyl adjacent to an activating group) is 1. The fourth-order valence-corrected chi connectivity index (χ4v) is 5.08. The van der Waals surface area contributed by atoms with Crippen molar-refractivity contribution in [3.05, 3.63) is 0 Å². The van der Waals surface area contributed by atoms with Crippen LogP contribution in [0.15, 0.2) is 0 Å². The standard InChI is InChI=1S/C13H23NO5S/c1-14(11-4-7-20(18,19)8-11)9-13(17)5-2-10(3-6-13)12(15)16/h10-11,17H,2-9H2,1H3,(H,15,16). The molecule has 1 heterocycles. The lowest BCUT2D eigenvalue weighted by atomic mass is 9.78. The Hall–Kier alpha value is -0.660. The molecule has 2 fully saturated rings. The Balaban J connectivity index is 1.88. The summed E-state index contributed by atoms with van der Waals surface area (Å²) in [5, 5.41) is 19.5. The molecule has 1 aliphatic carbocycles. The van der Waals surface area contributed by atoms with Crippen LogP contribution in [0.25, 0.3) is 0 Å². The molecule has 0 aromatic carbocycles. The second kappa shape index (κ2) is 5.61. The Morgan fingerprint density at radius 2 is 1.90 bits per heavy atom. The molecule has 0 radical (unpaired) electrons. The zero-order valence-electron chi connectivity index (χ0n) is 11.8. The first kappa shape index (κ1) is 15.7. The predicted molar refractivity (Wildman–Crippen MR) is 74.2 cm³/mol. The number of carbonyl (C=O) groups is 1. The number of rotatable bonds is 4. The van der Waals surface area contributed by atoms with Gasteiger partial charge in [-0.05, 0) is 39.2 Å². The summed E-state index contributed by atoms with van der Waals surface area (Å²) in [4.78, 5) is 12.8. The molecule has 1 unspecified atom stereocenters. The van der Waals surface area contributed by atoms with Crippen molar-refractivity contribution in [1.29, 1.82) is 0 Å². The van der Waals surface area contributed by atoms with E-state index in [0.29, 0.717) is 38.6 Å². The maximum Gasteiger partial charge on any atom is 0.306 e. The van der Waals surface area contributed by atoms with Crippen molar-refractivity contribution in [1.82, 2.24) is 4.90 Å². The van der Waals surface area contributed by atoms with Crippen molar-refractivity contribution in [3.8, 4) is 0 Å². The fourth-order valence-electron chi connectivity index (χ4n) is 3.28. The minimum absolute atomic E-state index is 0.0266. The van der Waals surface area contributed by atoms with Crippen LogP contribution in [-0.2, 0) is 14.6 Å². The van der Waals surface area contributed by atoms with Gasteiger partial charge in [0.25, 0.3) is 0 Å². The minimum atomic E-state index is -2.92. The van der Waals surface area contributed by atoms with E-state index in [2.05, 4.69) is 0 Å². The summed E-state index contributed by atoms with van der Waals surface area (Å²) >= 11 is 0. The molecule has 2 rings (SSSR count). The number of sulfone groups is 1. The third kappa shape index (κ3) is 3.71. The summed E-state index contributed by atoms with van der Waals surface area (Å²) in [6.45, 7) is 0.416. The van der Waals surface area contributed by atoms with Crippen molar-refractivity contribution in [3.63, 3.8) is 0 Å². The smallest absolute Gasteiger partial charge is 0.306 e. The van der Waals surface area contributed by atoms with E-state index in [-0.39, 0.29) is 23.5 Å². The van der Waals surface area contributed by atoms with Gasteiger partial charge < -0.3 is 10.2 Å². The monoisotopic (exact) mass is 305 g/mol. The zero-order valence-corrected chi connectivity index (χ0v) is 12.6. The Morgan fingerprint density at radius 1 is 1.30 bits per heavy atom. The largest absolute Gasteiger partial charge is 0.481 e. The quantitative estimate of drug-likeness (QED) is 0.765. The van der Waals surface area contributed by atoms with Gasteiger partial charge in [-0.2, -0.15) is 0 Å². The van der Waals surface area contributed by atoms with Gasteiger partial charge in [0.15, 0.2) is 9.84 Å². The number of nitrogens with zero attached hydrogens (tertiary/aromatic N) is 1. The lowest BCUT2D eigenvalue weighted by Gasteiger charge is -2.39. The molecule has 1 atom stereocenters. The van der Waals surface area contributed by atoms with E-state index in [4.69, 9.17) is 5.11 Å². The summed E-state index contributed by atoms with van der Waals surface area (Å²) in [6, 6.07) is -0.0266. The second-order valence-corrected chi connectivity index (χ2v) is 8.54. The van der Waals surface area contributed by atoms with Gasteiger partial charge in [-0.1, -0.05) is 0 Å². The van der Waals surface area contributed by atoms with E-state index in [0.717, 1.165) is 0 Å². The molecule has 1 saturated carbocycles. The Bertz CT molecular complexity index is 467. The van der Waals surface area contributed by atoms with Crippen LogP contribution < -0.4 is 0 Å². The summed E-state index contributed by atoms with van der Waals surface area (Å²) in [5.41, 5.74) is -0.882. The van der Waals surface area contributed by atoms with Crippen molar-refractivity contribution < 1.29 is 23.4 Å². The van der Waals surface area contributed by atoms with Crippen LogP contribution in [0.1, 0.15) is 32.1 Å². The molecular weight excluding hydrogens is 282 g/mol. The van der Waals surface area contributed by atoms with Gasteiger partial charge in [-0.25, -0.2) is 8.42 Å². The Kier molecular flexibility index (Phi) is 4.41. The summed E-state index contributed by atoms with van der Waals surface area (Å²) in [6.07, 6.45) is 2.53. The number of aliphatic carboxylic acids is 1. The normalized spacial score (nSPS) is 37.1. The van der Waals surface area contributed by atoms with Crippen molar-refractivity contribution in [2.45, 2.75) is 43.7 Å². The third-order valence-electron chi connectivity index (χ3n) is 4.64. The number of carboxylic acids is 1. The molecule has 0 amide bonds. The maximum atomic E-state index is 11.5. The molecule has 0 spiro atoms. The molecule has 116 valence electrons. The van der Waals surface area contributed by atoms with E-state index >= 15 is 0 Å². The van der Waals surface area contributed by atoms with E-state index < -0.39 is 21.4 Å². The molecular formula is C13H23NO5S. The van der Waals surface area contributed by atoms with Gasteiger partial charge in [-0.15, -0.1) is 0 Å². The molecule has 0 aromatic rings. The zero-order chi connectivity index (χ0) is 15.0. The van der Waals surface area contributed by atoms with Crippen LogP contribution >= 0.6 is 0 Å². The molecule has 6 nitrogen and oxygen atoms in total. The highest BCUT2D eigenvalue weighted by molar-refractivity contribution is 7.91.